The summed E-state index contributed by atoms with van der Waals surface area (Å²) in [7, 11) is 3.69. The molecule has 2 unspecified atom stereocenters. The van der Waals surface area contributed by atoms with Gasteiger partial charge in [-0.05, 0) is 95.8 Å². The molecule has 586 valence electrons. The van der Waals surface area contributed by atoms with Crippen molar-refractivity contribution in [3.63, 3.8) is 0 Å². The molecule has 0 saturated carbocycles. The van der Waals surface area contributed by atoms with E-state index in [1.807, 2.05) is 86.8 Å². The maximum absolute atomic E-state index is 14.4. The van der Waals surface area contributed by atoms with E-state index in [1.54, 1.807) is 7.11 Å². The van der Waals surface area contributed by atoms with Crippen molar-refractivity contribution in [3.05, 3.63) is 381 Å². The van der Waals surface area contributed by atoms with E-state index < -0.39 is 0 Å². The zero-order valence-electron chi connectivity index (χ0n) is 67.5. The average Bonchev–Trinajstić information content (AvgIpc) is 1.55. The third-order valence-corrected chi connectivity index (χ3v) is 21.7. The number of hydrogen-bond acceptors (Lipinski definition) is 5. The molecule has 112 heavy (non-hydrogen) atoms. The maximum atomic E-state index is 14.4. The fourth-order valence-electron chi connectivity index (χ4n) is 16.3. The summed E-state index contributed by atoms with van der Waals surface area (Å²) in [5.74, 6) is 0.532. The number of unbranched alkanes of at least 4 members (excludes halogenated alkanes) is 1. The quantitative estimate of drug-likeness (QED) is 0.0264. The van der Waals surface area contributed by atoms with Gasteiger partial charge in [0.1, 0.15) is 13.2 Å². The summed E-state index contributed by atoms with van der Waals surface area (Å²) in [5.41, 5.74) is 13.8. The minimum absolute atomic E-state index is 0. The van der Waals surface area contributed by atoms with Gasteiger partial charge in [0.25, 0.3) is 0 Å². The van der Waals surface area contributed by atoms with Crippen molar-refractivity contribution in [2.75, 3.05) is 26.8 Å². The molecule has 0 radical (unpaired) electrons. The summed E-state index contributed by atoms with van der Waals surface area (Å²) in [4.78, 5) is 28.2. The number of carbonyl (C=O) groups is 2. The average molecular weight is 1620 g/mol. The smallest absolute Gasteiger partial charge is 0.871 e. The number of nitrogens with zero attached hydrogens (tertiary/aromatic N) is 4. The normalized spacial score (nSPS) is 19.1. The van der Waals surface area contributed by atoms with Gasteiger partial charge >= 0.3 is 51.2 Å². The minimum atomic E-state index is -0.377. The van der Waals surface area contributed by atoms with Crippen LogP contribution < -0.4 is 10.2 Å². The number of ketones is 2. The molecule has 0 spiro atoms. The molecule has 10 aliphatic rings. The van der Waals surface area contributed by atoms with Crippen LogP contribution in [-0.4, -0.2) is 68.1 Å². The van der Waals surface area contributed by atoms with Crippen molar-refractivity contribution in [1.29, 1.82) is 0 Å². The van der Waals surface area contributed by atoms with Crippen LogP contribution in [0, 0.1) is 69.2 Å². The van der Waals surface area contributed by atoms with Crippen LogP contribution in [0.5, 0.6) is 0 Å². The zero-order valence-corrected chi connectivity index (χ0v) is 70.8. The van der Waals surface area contributed by atoms with E-state index >= 15 is 0 Å². The maximum Gasteiger partial charge on any atom is 2.00 e. The Labute approximate surface area is 702 Å². The van der Waals surface area contributed by atoms with Crippen LogP contribution in [0.4, 0.5) is 11.4 Å². The van der Waals surface area contributed by atoms with Gasteiger partial charge in [0.05, 0.1) is 16.5 Å². The van der Waals surface area contributed by atoms with E-state index in [-0.39, 0.29) is 147 Å². The molecule has 7 aromatic rings. The monoisotopic (exact) mass is 1620 g/mol. The van der Waals surface area contributed by atoms with Gasteiger partial charge in [-0.2, -0.15) is 9.15 Å². The Bertz CT molecular complexity index is 4920. The molecule has 0 saturated heterocycles. The number of hydrogen-bond donors (Lipinski definition) is 0. The number of allylic oxidation sites excluding steroid dienone is 30. The Morgan fingerprint density at radius 2 is 0.902 bits per heavy atom. The summed E-state index contributed by atoms with van der Waals surface area (Å²) in [6.07, 6.45) is 64.6. The van der Waals surface area contributed by atoms with Gasteiger partial charge in [0.2, 0.25) is 11.4 Å². The van der Waals surface area contributed by atoms with Crippen LogP contribution >= 0.6 is 0 Å². The molecule has 2 aliphatic heterocycles. The van der Waals surface area contributed by atoms with Gasteiger partial charge in [-0.1, -0.05) is 273 Å². The van der Waals surface area contributed by atoms with Crippen molar-refractivity contribution in [2.45, 2.75) is 103 Å². The van der Waals surface area contributed by atoms with Crippen molar-refractivity contribution >= 4 is 67.3 Å². The fourth-order valence-corrected chi connectivity index (χ4v) is 16.3. The first-order valence-corrected chi connectivity index (χ1v) is 36.9. The Kier molecular flexibility index (Phi) is 37.2. The molecule has 0 bridgehead atoms. The van der Waals surface area contributed by atoms with Gasteiger partial charge in [-0.3, -0.25) is 9.59 Å². The number of carbonyl (C=O) groups excluding carboxylic acids is 2. The van der Waals surface area contributed by atoms with E-state index in [0.717, 1.165) is 138 Å². The Hall–Kier alpha value is -9.18. The summed E-state index contributed by atoms with van der Waals surface area (Å²) in [6, 6.07) is 43.3. The molecule has 4 heterocycles. The molecule has 2 aromatic heterocycles. The molecular weight excluding hydrogens is 1500 g/mol. The molecular formula is C100H112Fe3N4O5. The van der Waals surface area contributed by atoms with Crippen LogP contribution in [-0.2, 0) is 90.0 Å². The largest absolute Gasteiger partial charge is 2.00 e. The fraction of sp³-hybridized carbons (Fsp3) is 0.240. The Balaban J connectivity index is 0.000000372. The van der Waals surface area contributed by atoms with Gasteiger partial charge in [0.15, 0.2) is 29.5 Å². The van der Waals surface area contributed by atoms with Gasteiger partial charge in [-0.15, -0.1) is 0 Å². The summed E-state index contributed by atoms with van der Waals surface area (Å²) < 4.78 is 14.4. The first kappa shape index (κ1) is 95.2. The number of Topliss-reactive ketones (excluding diaryl/α,β-unsaturated/α-hetero) is 2. The topological polar surface area (TPSA) is 105 Å². The number of ether oxygens (including phenoxy) is 1. The Morgan fingerprint density at radius 1 is 0.491 bits per heavy atom. The number of para-hydroxylation sites is 4. The molecule has 9 nitrogen and oxygen atoms in total. The number of rotatable bonds is 19. The van der Waals surface area contributed by atoms with Crippen molar-refractivity contribution < 1.29 is 84.9 Å². The molecule has 2 atom stereocenters. The second-order valence-electron chi connectivity index (χ2n) is 28.2. The van der Waals surface area contributed by atoms with E-state index in [1.165, 1.54) is 16.8 Å². The first-order chi connectivity index (χ1) is 50.4. The van der Waals surface area contributed by atoms with E-state index in [0.29, 0.717) is 36.1 Å². The zero-order chi connectivity index (χ0) is 71.5. The molecule has 17 rings (SSSR count). The third-order valence-electron chi connectivity index (χ3n) is 21.7. The third kappa shape index (κ3) is 19.5. The van der Waals surface area contributed by atoms with Crippen LogP contribution in [0.2, 0.25) is 0 Å². The van der Waals surface area contributed by atoms with Crippen LogP contribution in [0.3, 0.4) is 0 Å². The number of methoxy groups -OCH3 is 1. The summed E-state index contributed by atoms with van der Waals surface area (Å²) in [6.45, 7) is 11.4. The van der Waals surface area contributed by atoms with Gasteiger partial charge in [-0.25, -0.2) is 0 Å². The SMILES string of the molecule is C1=CCC=C1.C1=CCC=C1.C1=CCC=C1.CCn1c(-c2ccccc2)c(C2=C([O-])C(=CC3=[N+](CCC4C=CC=C4)c4ccccc4C3(C)CC3C=CC=C3)C2=O)c2ccccc21.COCC[N+]1=C(C=C2C(=O)C(c3c(C)n(C)c4ccccc34)=C2[O-])C(C)(CCCCC2C=CC=C2)c2ccccc21.[CH3-].[CH3-].[CH3-].[CH3-].[CH3-].[CH3-].[Fe+2].[Fe+2].[Fe+2]. The molecule has 0 N–H and O–H groups in total. The number of benzene rings is 5. The van der Waals surface area contributed by atoms with Crippen LogP contribution in [0.25, 0.3) is 44.2 Å². The standard InChI is InChI=1S/C43H38N2O2.C36H38N2O3.3C5H6.6CH3.3Fe/c1-3-44-35-23-13-11-21-32(35)38(40(44)31-19-5-4-6-20-31)39-41(46)33(42(39)47)27-37-43(2,28-30-17-9-10-18-30)34-22-12-14-24-36(34)45(37)26-25-29-15-7-8-16-29;1-24-32(26-16-7-9-18-29(26)37(24)3)33-34(39)27(35(33)40)23-31-36(2,20-12-11-15-25-13-5-6-14-25)28-17-8-10-19-30(28)38(31)21-22-41-4;3*1-2-4-5-3-1;;;;;;;;;/h4-24,27,29-30H,3,25-26,28H2,1-2H3;5-10,13-14,16-19,23,25H,11-12,15,20-22H2,1-4H3;3*1-4H,5H2;6*1H3;;;/q;;;;;6*-1;3*+2. The van der Waals surface area contributed by atoms with Gasteiger partial charge < -0.3 is 68.6 Å². The predicted octanol–water partition coefficient (Wildman–Crippen LogP) is 21.5. The van der Waals surface area contributed by atoms with E-state index in [4.69, 9.17) is 4.74 Å². The molecule has 8 aliphatic carbocycles. The van der Waals surface area contributed by atoms with E-state index in [9.17, 15) is 19.8 Å². The van der Waals surface area contributed by atoms with Crippen molar-refractivity contribution in [1.82, 2.24) is 9.13 Å². The second kappa shape index (κ2) is 43.7. The second-order valence-corrected chi connectivity index (χ2v) is 28.2. The van der Waals surface area contributed by atoms with Crippen LogP contribution in [0.1, 0.15) is 107 Å². The van der Waals surface area contributed by atoms with Gasteiger partial charge in [0, 0.05) is 129 Å². The molecule has 5 aromatic carbocycles. The predicted molar refractivity (Wildman–Crippen MR) is 460 cm³/mol. The minimum Gasteiger partial charge on any atom is -0.871 e. The molecule has 0 amide bonds. The summed E-state index contributed by atoms with van der Waals surface area (Å²) >= 11 is 0. The first-order valence-electron chi connectivity index (χ1n) is 36.9. The summed E-state index contributed by atoms with van der Waals surface area (Å²) in [5, 5.41) is 30.0. The van der Waals surface area contributed by atoms with Crippen LogP contribution in [0.15, 0.2) is 308 Å². The number of fused-ring (bicyclic) bond motifs is 4. The number of aryl methyl sites for hydroxylation is 2. The molecule has 0 fully saturated rings. The van der Waals surface area contributed by atoms with Crippen molar-refractivity contribution in [3.8, 4) is 11.3 Å². The van der Waals surface area contributed by atoms with E-state index in [2.05, 4.69) is 252 Å². The van der Waals surface area contributed by atoms with Crippen molar-refractivity contribution in [2.24, 2.45) is 24.8 Å². The molecule has 12 heteroatoms. The number of aromatic nitrogens is 2. The Morgan fingerprint density at radius 3 is 1.38 bits per heavy atom.